The third-order valence-corrected chi connectivity index (χ3v) is 5.44. The first kappa shape index (κ1) is 20.2. The molecule has 1 aliphatic rings. The van der Waals surface area contributed by atoms with Crippen LogP contribution in [0.15, 0.2) is 49.1 Å². The molecule has 1 saturated heterocycles. The summed E-state index contributed by atoms with van der Waals surface area (Å²) in [5, 5.41) is 6.86. The second kappa shape index (κ2) is 8.31. The predicted octanol–water partition coefficient (Wildman–Crippen LogP) is 4.04. The van der Waals surface area contributed by atoms with E-state index < -0.39 is 0 Å². The summed E-state index contributed by atoms with van der Waals surface area (Å²) in [6.07, 6.45) is 5.37. The average Bonchev–Trinajstić information content (AvgIpc) is 3.36. The van der Waals surface area contributed by atoms with E-state index in [2.05, 4.69) is 39.4 Å². The van der Waals surface area contributed by atoms with Crippen LogP contribution in [0.3, 0.4) is 0 Å². The number of nitrogens with one attached hydrogen (secondary N) is 2. The molecule has 1 fully saturated rings. The molecule has 30 heavy (non-hydrogen) atoms. The first-order chi connectivity index (χ1) is 14.4. The number of hydrogen-bond acceptors (Lipinski definition) is 5. The monoisotopic (exact) mass is 425 g/mol. The van der Waals surface area contributed by atoms with Crippen LogP contribution in [-0.2, 0) is 0 Å². The summed E-state index contributed by atoms with van der Waals surface area (Å²) >= 11 is 5.96. The maximum atomic E-state index is 12.3. The van der Waals surface area contributed by atoms with Crippen molar-refractivity contribution in [1.29, 1.82) is 0 Å². The number of halogens is 1. The fourth-order valence-corrected chi connectivity index (χ4v) is 3.59. The minimum Gasteiger partial charge on any atom is -0.346 e. The Bertz CT molecular complexity index is 1030. The molecule has 0 spiro atoms. The van der Waals surface area contributed by atoms with Gasteiger partial charge in [-0.05, 0) is 43.2 Å². The van der Waals surface area contributed by atoms with E-state index in [1.807, 2.05) is 42.0 Å². The van der Waals surface area contributed by atoms with Gasteiger partial charge in [-0.25, -0.2) is 14.8 Å². The van der Waals surface area contributed by atoms with Crippen molar-refractivity contribution in [2.24, 2.45) is 5.92 Å². The number of anilines is 2. The maximum absolute atomic E-state index is 12.3. The molecule has 2 amide bonds. The van der Waals surface area contributed by atoms with Crippen LogP contribution in [0.25, 0.3) is 5.69 Å². The zero-order valence-corrected chi connectivity index (χ0v) is 17.8. The molecule has 0 bridgehead atoms. The van der Waals surface area contributed by atoms with Crippen LogP contribution in [-0.4, -0.2) is 38.1 Å². The summed E-state index contributed by atoms with van der Waals surface area (Å²) in [6, 6.07) is 9.12. The molecule has 3 aromatic rings. The van der Waals surface area contributed by atoms with Gasteiger partial charge in [0.15, 0.2) is 0 Å². The largest absolute Gasteiger partial charge is 0.346 e. The number of urea groups is 1. The normalized spacial score (nSPS) is 17.3. The Morgan fingerprint density at radius 1 is 1.17 bits per heavy atom. The first-order valence-electron chi connectivity index (χ1n) is 9.89. The number of benzene rings is 1. The Kier molecular flexibility index (Phi) is 5.59. The van der Waals surface area contributed by atoms with Gasteiger partial charge >= 0.3 is 6.03 Å². The van der Waals surface area contributed by atoms with Gasteiger partial charge in [-0.2, -0.15) is 4.98 Å². The van der Waals surface area contributed by atoms with Crippen LogP contribution in [0.5, 0.6) is 0 Å². The number of aromatic nitrogens is 4. The maximum Gasteiger partial charge on any atom is 0.323 e. The molecule has 0 radical (unpaired) electrons. The lowest BCUT2D eigenvalue weighted by atomic mass is 10.0. The minimum absolute atomic E-state index is 0.0627. The zero-order valence-electron chi connectivity index (χ0n) is 17.1. The van der Waals surface area contributed by atoms with E-state index in [-0.39, 0.29) is 18.1 Å². The highest BCUT2D eigenvalue weighted by molar-refractivity contribution is 6.30. The molecule has 0 saturated carbocycles. The summed E-state index contributed by atoms with van der Waals surface area (Å²) in [4.78, 5) is 27.4. The molecular weight excluding hydrogens is 402 g/mol. The van der Waals surface area contributed by atoms with Gasteiger partial charge in [0.1, 0.15) is 5.82 Å². The fourth-order valence-electron chi connectivity index (χ4n) is 3.46. The van der Waals surface area contributed by atoms with Gasteiger partial charge in [-0.15, -0.1) is 0 Å². The molecule has 4 rings (SSSR count). The third-order valence-electron chi connectivity index (χ3n) is 5.19. The van der Waals surface area contributed by atoms with E-state index in [0.717, 1.165) is 11.4 Å². The van der Waals surface area contributed by atoms with E-state index in [4.69, 9.17) is 11.6 Å². The number of rotatable bonds is 6. The van der Waals surface area contributed by atoms with Crippen molar-refractivity contribution in [3.8, 4) is 5.69 Å². The molecule has 2 aromatic heterocycles. The first-order valence-corrected chi connectivity index (χ1v) is 10.3. The van der Waals surface area contributed by atoms with Crippen molar-refractivity contribution < 1.29 is 4.79 Å². The number of carbonyl (C=O) groups excluding carboxylic acids is 1. The highest BCUT2D eigenvalue weighted by atomic mass is 35.5. The van der Waals surface area contributed by atoms with Gasteiger partial charge in [0.2, 0.25) is 5.95 Å². The topological polar surface area (TPSA) is 88.0 Å². The van der Waals surface area contributed by atoms with Crippen LogP contribution in [0.1, 0.15) is 32.5 Å². The number of nitrogens with zero attached hydrogens (tertiary/aromatic N) is 5. The molecule has 2 N–H and O–H groups in total. The molecule has 2 atom stereocenters. The predicted molar refractivity (Wildman–Crippen MR) is 117 cm³/mol. The van der Waals surface area contributed by atoms with Crippen LogP contribution in [0.2, 0.25) is 5.02 Å². The Balaban J connectivity index is 1.50. The number of amides is 2. The Morgan fingerprint density at radius 2 is 1.93 bits per heavy atom. The highest BCUT2D eigenvalue weighted by Crippen LogP contribution is 2.24. The summed E-state index contributed by atoms with van der Waals surface area (Å²) in [5.41, 5.74) is 1.82. The molecule has 1 aromatic carbocycles. The molecule has 3 heterocycles. The Hall–Kier alpha value is -3.13. The second-order valence-corrected chi connectivity index (χ2v) is 8.09. The molecule has 0 aliphatic carbocycles. The fraction of sp³-hybridized carbons (Fsp3) is 0.333. The molecule has 1 unspecified atom stereocenters. The standard InChI is InChI=1S/C21H24ClN7O/c1-13(2)18-10-24-21(30)29(18)19-8-9-23-20(27-19)26-14(3)17-11-28(12-25-17)16-6-4-15(22)5-7-16/h4-9,11-14,18H,10H2,1-3H3,(H,24,30)(H,23,26,27)/t14-,18?/m0/s1. The summed E-state index contributed by atoms with van der Waals surface area (Å²) in [5.74, 6) is 1.34. The van der Waals surface area contributed by atoms with Crippen LogP contribution < -0.4 is 15.5 Å². The van der Waals surface area contributed by atoms with E-state index in [0.29, 0.717) is 29.3 Å². The van der Waals surface area contributed by atoms with E-state index >= 15 is 0 Å². The van der Waals surface area contributed by atoms with Gasteiger partial charge in [-0.1, -0.05) is 25.4 Å². The minimum atomic E-state index is -0.131. The smallest absolute Gasteiger partial charge is 0.323 e. The number of hydrogen-bond donors (Lipinski definition) is 2. The van der Waals surface area contributed by atoms with E-state index in [1.165, 1.54) is 0 Å². The summed E-state index contributed by atoms with van der Waals surface area (Å²) in [6.45, 7) is 6.79. The van der Waals surface area contributed by atoms with Crippen LogP contribution >= 0.6 is 11.6 Å². The lowest BCUT2D eigenvalue weighted by Crippen LogP contribution is -2.38. The SMILES string of the molecule is CC(C)C1CNC(=O)N1c1ccnc(N[C@@H](C)c2cn(-c3ccc(Cl)cc3)cn2)n1. The van der Waals surface area contributed by atoms with Crippen molar-refractivity contribution in [3.63, 3.8) is 0 Å². The van der Waals surface area contributed by atoms with Gasteiger partial charge < -0.3 is 15.2 Å². The Morgan fingerprint density at radius 3 is 2.67 bits per heavy atom. The summed E-state index contributed by atoms with van der Waals surface area (Å²) in [7, 11) is 0. The van der Waals surface area contributed by atoms with Crippen molar-refractivity contribution in [2.45, 2.75) is 32.9 Å². The van der Waals surface area contributed by atoms with Crippen molar-refractivity contribution in [1.82, 2.24) is 24.8 Å². The lowest BCUT2D eigenvalue weighted by molar-refractivity contribution is 0.251. The second-order valence-electron chi connectivity index (χ2n) is 7.65. The molecule has 156 valence electrons. The van der Waals surface area contributed by atoms with Gasteiger partial charge in [0.25, 0.3) is 0 Å². The van der Waals surface area contributed by atoms with Gasteiger partial charge in [0, 0.05) is 29.6 Å². The third kappa shape index (κ3) is 4.09. The number of imidazole rings is 1. The highest BCUT2D eigenvalue weighted by Gasteiger charge is 2.34. The molecule has 8 nitrogen and oxygen atoms in total. The quantitative estimate of drug-likeness (QED) is 0.622. The van der Waals surface area contributed by atoms with Crippen molar-refractivity contribution in [3.05, 3.63) is 59.8 Å². The summed E-state index contributed by atoms with van der Waals surface area (Å²) < 4.78 is 1.93. The average molecular weight is 426 g/mol. The molecular formula is C21H24ClN7O. The van der Waals surface area contributed by atoms with E-state index in [1.54, 1.807) is 23.5 Å². The van der Waals surface area contributed by atoms with Gasteiger partial charge in [0.05, 0.1) is 24.1 Å². The molecule has 9 heteroatoms. The molecule has 1 aliphatic heterocycles. The van der Waals surface area contributed by atoms with Crippen molar-refractivity contribution >= 4 is 29.4 Å². The van der Waals surface area contributed by atoms with Crippen LogP contribution in [0, 0.1) is 5.92 Å². The van der Waals surface area contributed by atoms with E-state index in [9.17, 15) is 4.79 Å². The lowest BCUT2D eigenvalue weighted by Gasteiger charge is -2.25. The van der Waals surface area contributed by atoms with Crippen molar-refractivity contribution in [2.75, 3.05) is 16.8 Å². The number of carbonyl (C=O) groups is 1. The zero-order chi connectivity index (χ0) is 21.3. The van der Waals surface area contributed by atoms with Gasteiger partial charge in [-0.3, -0.25) is 4.90 Å². The Labute approximate surface area is 180 Å². The van der Waals surface area contributed by atoms with Crippen LogP contribution in [0.4, 0.5) is 16.6 Å².